The fraction of sp³-hybridized carbons (Fsp3) is 0.200. The summed E-state index contributed by atoms with van der Waals surface area (Å²) < 4.78 is 39.0. The first kappa shape index (κ1) is 25.6. The summed E-state index contributed by atoms with van der Waals surface area (Å²) in [5.41, 5.74) is 2.03. The van der Waals surface area contributed by atoms with Gasteiger partial charge in [-0.2, -0.15) is 0 Å². The molecule has 184 valence electrons. The van der Waals surface area contributed by atoms with Crippen LogP contribution in [-0.4, -0.2) is 41.0 Å². The summed E-state index contributed by atoms with van der Waals surface area (Å²) in [6.45, 7) is 2.68. The SMILES string of the molecule is COc1ccc(N(CC(=O)Nc2ccc(NC(C)=O)cc2)S(=O)(=O)c2cc(C)ccc2OC)cc1. The fourth-order valence-corrected chi connectivity index (χ4v) is 5.00. The Hall–Kier alpha value is -4.05. The highest BCUT2D eigenvalue weighted by molar-refractivity contribution is 7.93. The van der Waals surface area contributed by atoms with Crippen molar-refractivity contribution in [3.63, 3.8) is 0 Å². The van der Waals surface area contributed by atoms with E-state index in [1.807, 2.05) is 0 Å². The van der Waals surface area contributed by atoms with Crippen LogP contribution in [0.3, 0.4) is 0 Å². The molecule has 0 heterocycles. The number of carbonyl (C=O) groups excluding carboxylic acids is 2. The van der Waals surface area contributed by atoms with Crippen LogP contribution >= 0.6 is 0 Å². The zero-order chi connectivity index (χ0) is 25.6. The Morgan fingerprint density at radius 1 is 0.857 bits per heavy atom. The van der Waals surface area contributed by atoms with Crippen molar-refractivity contribution >= 4 is 38.9 Å². The Morgan fingerprint density at radius 2 is 1.46 bits per heavy atom. The number of amides is 2. The Labute approximate surface area is 204 Å². The monoisotopic (exact) mass is 497 g/mol. The smallest absolute Gasteiger partial charge is 0.268 e. The second kappa shape index (κ2) is 10.9. The van der Waals surface area contributed by atoms with E-state index in [9.17, 15) is 18.0 Å². The van der Waals surface area contributed by atoms with Gasteiger partial charge in [0.15, 0.2) is 0 Å². The number of sulfonamides is 1. The summed E-state index contributed by atoms with van der Waals surface area (Å²) in [6, 6.07) is 17.7. The second-order valence-corrected chi connectivity index (χ2v) is 9.50. The van der Waals surface area contributed by atoms with Gasteiger partial charge in [-0.15, -0.1) is 0 Å². The van der Waals surface area contributed by atoms with Crippen molar-refractivity contribution in [2.45, 2.75) is 18.7 Å². The molecule has 0 spiro atoms. The zero-order valence-electron chi connectivity index (χ0n) is 19.9. The third kappa shape index (κ3) is 6.30. The van der Waals surface area contributed by atoms with E-state index in [1.54, 1.807) is 67.6 Å². The number of rotatable bonds is 9. The van der Waals surface area contributed by atoms with E-state index in [4.69, 9.17) is 9.47 Å². The maximum Gasteiger partial charge on any atom is 0.268 e. The van der Waals surface area contributed by atoms with E-state index < -0.39 is 22.5 Å². The molecule has 0 bridgehead atoms. The number of carbonyl (C=O) groups is 2. The predicted molar refractivity (Wildman–Crippen MR) is 135 cm³/mol. The molecule has 3 aromatic rings. The lowest BCUT2D eigenvalue weighted by Crippen LogP contribution is -2.38. The minimum Gasteiger partial charge on any atom is -0.497 e. The van der Waals surface area contributed by atoms with Crippen molar-refractivity contribution in [3.05, 3.63) is 72.3 Å². The summed E-state index contributed by atoms with van der Waals surface area (Å²) in [6.07, 6.45) is 0. The van der Waals surface area contributed by atoms with Crippen molar-refractivity contribution in [2.75, 3.05) is 35.7 Å². The van der Waals surface area contributed by atoms with Crippen LogP contribution in [0.5, 0.6) is 11.5 Å². The molecule has 0 fully saturated rings. The third-order valence-electron chi connectivity index (χ3n) is 5.02. The number of hydrogen-bond donors (Lipinski definition) is 2. The third-order valence-corrected chi connectivity index (χ3v) is 6.82. The Balaban J connectivity index is 1.94. The predicted octanol–water partition coefficient (Wildman–Crippen LogP) is 3.80. The summed E-state index contributed by atoms with van der Waals surface area (Å²) in [7, 11) is -1.29. The first-order valence-electron chi connectivity index (χ1n) is 10.6. The molecular formula is C25H27N3O6S. The Morgan fingerprint density at radius 3 is 2.00 bits per heavy atom. The molecule has 0 aliphatic rings. The lowest BCUT2D eigenvalue weighted by Gasteiger charge is -2.25. The number of nitrogens with zero attached hydrogens (tertiary/aromatic N) is 1. The molecule has 0 radical (unpaired) electrons. The Bertz CT molecular complexity index is 1310. The summed E-state index contributed by atoms with van der Waals surface area (Å²) in [5, 5.41) is 5.34. The van der Waals surface area contributed by atoms with Crippen molar-refractivity contribution in [2.24, 2.45) is 0 Å². The van der Waals surface area contributed by atoms with E-state index in [2.05, 4.69) is 10.6 Å². The van der Waals surface area contributed by atoms with Gasteiger partial charge in [0.2, 0.25) is 11.8 Å². The van der Waals surface area contributed by atoms with Crippen molar-refractivity contribution in [1.29, 1.82) is 0 Å². The van der Waals surface area contributed by atoms with E-state index in [1.165, 1.54) is 27.2 Å². The van der Waals surface area contributed by atoms with Crippen LogP contribution in [0.2, 0.25) is 0 Å². The number of methoxy groups -OCH3 is 2. The quantitative estimate of drug-likeness (QED) is 0.465. The molecule has 0 saturated carbocycles. The minimum absolute atomic E-state index is 0.0525. The van der Waals surface area contributed by atoms with Gasteiger partial charge in [0.05, 0.1) is 19.9 Å². The molecule has 9 nitrogen and oxygen atoms in total. The molecule has 0 aromatic heterocycles. The normalized spacial score (nSPS) is 10.9. The molecule has 10 heteroatoms. The maximum atomic E-state index is 13.7. The first-order valence-corrected chi connectivity index (χ1v) is 12.1. The largest absolute Gasteiger partial charge is 0.497 e. The summed E-state index contributed by atoms with van der Waals surface area (Å²) >= 11 is 0. The lowest BCUT2D eigenvalue weighted by atomic mass is 10.2. The van der Waals surface area contributed by atoms with E-state index in [0.717, 1.165) is 9.87 Å². The molecule has 0 atom stereocenters. The van der Waals surface area contributed by atoms with Gasteiger partial charge >= 0.3 is 0 Å². The van der Waals surface area contributed by atoms with Crippen LogP contribution in [-0.2, 0) is 19.6 Å². The van der Waals surface area contributed by atoms with E-state index in [0.29, 0.717) is 17.1 Å². The van der Waals surface area contributed by atoms with Crippen LogP contribution in [0.1, 0.15) is 12.5 Å². The van der Waals surface area contributed by atoms with Crippen LogP contribution in [0.4, 0.5) is 17.1 Å². The maximum absolute atomic E-state index is 13.7. The highest BCUT2D eigenvalue weighted by Crippen LogP contribution is 2.31. The van der Waals surface area contributed by atoms with Gasteiger partial charge in [-0.1, -0.05) is 6.07 Å². The minimum atomic E-state index is -4.19. The molecule has 3 aromatic carbocycles. The van der Waals surface area contributed by atoms with E-state index >= 15 is 0 Å². The number of anilines is 3. The van der Waals surface area contributed by atoms with Crippen LogP contribution in [0.15, 0.2) is 71.6 Å². The average Bonchev–Trinajstić information content (AvgIpc) is 2.83. The molecule has 2 amide bonds. The molecule has 35 heavy (non-hydrogen) atoms. The number of ether oxygens (including phenoxy) is 2. The number of hydrogen-bond acceptors (Lipinski definition) is 6. The summed E-state index contributed by atoms with van der Waals surface area (Å²) in [5.74, 6) is -0.0528. The average molecular weight is 498 g/mol. The number of benzene rings is 3. The zero-order valence-corrected chi connectivity index (χ0v) is 20.7. The number of nitrogens with one attached hydrogen (secondary N) is 2. The number of aryl methyl sites for hydroxylation is 1. The van der Waals surface area contributed by atoms with Crippen molar-refractivity contribution in [1.82, 2.24) is 0 Å². The molecular weight excluding hydrogens is 470 g/mol. The highest BCUT2D eigenvalue weighted by Gasteiger charge is 2.30. The standard InChI is InChI=1S/C25H27N3O6S/c1-17-5-14-23(34-4)24(15-17)35(31,32)28(21-10-12-22(33-3)13-11-21)16-25(30)27-20-8-6-19(7-9-20)26-18(2)29/h5-15H,16H2,1-4H3,(H,26,29)(H,27,30). The van der Waals surface area contributed by atoms with Gasteiger partial charge in [0.1, 0.15) is 22.9 Å². The van der Waals surface area contributed by atoms with Gasteiger partial charge in [0, 0.05) is 18.3 Å². The first-order chi connectivity index (χ1) is 16.6. The van der Waals surface area contributed by atoms with Crippen LogP contribution in [0.25, 0.3) is 0 Å². The van der Waals surface area contributed by atoms with Gasteiger partial charge in [-0.05, 0) is 73.2 Å². The summed E-state index contributed by atoms with van der Waals surface area (Å²) in [4.78, 5) is 24.1. The van der Waals surface area contributed by atoms with Gasteiger partial charge in [0.25, 0.3) is 10.0 Å². The van der Waals surface area contributed by atoms with Gasteiger partial charge in [-0.3, -0.25) is 13.9 Å². The van der Waals surface area contributed by atoms with Crippen molar-refractivity contribution < 1.29 is 27.5 Å². The van der Waals surface area contributed by atoms with Gasteiger partial charge in [-0.25, -0.2) is 8.42 Å². The molecule has 0 aliphatic carbocycles. The molecule has 0 saturated heterocycles. The fourth-order valence-electron chi connectivity index (χ4n) is 3.34. The van der Waals surface area contributed by atoms with Crippen molar-refractivity contribution in [3.8, 4) is 11.5 Å². The highest BCUT2D eigenvalue weighted by atomic mass is 32.2. The second-order valence-electron chi connectivity index (χ2n) is 7.67. The van der Waals surface area contributed by atoms with Crippen LogP contribution < -0.4 is 24.4 Å². The van der Waals surface area contributed by atoms with E-state index in [-0.39, 0.29) is 22.2 Å². The van der Waals surface area contributed by atoms with Crippen LogP contribution in [0, 0.1) is 6.92 Å². The molecule has 0 unspecified atom stereocenters. The topological polar surface area (TPSA) is 114 Å². The molecule has 2 N–H and O–H groups in total. The Kier molecular flexibility index (Phi) is 7.98. The molecule has 3 rings (SSSR count). The van der Waals surface area contributed by atoms with Gasteiger partial charge < -0.3 is 20.1 Å². The lowest BCUT2D eigenvalue weighted by molar-refractivity contribution is -0.115. The molecule has 0 aliphatic heterocycles.